The van der Waals surface area contributed by atoms with Gasteiger partial charge in [0.25, 0.3) is 11.8 Å². The van der Waals surface area contributed by atoms with E-state index in [-0.39, 0.29) is 39.6 Å². The van der Waals surface area contributed by atoms with Crippen LogP contribution in [0.15, 0.2) is 18.2 Å². The summed E-state index contributed by atoms with van der Waals surface area (Å²) < 4.78 is 61.8. The van der Waals surface area contributed by atoms with E-state index in [0.29, 0.717) is 96.5 Å². The molecule has 2 fully saturated rings. The van der Waals surface area contributed by atoms with Crippen LogP contribution in [0.1, 0.15) is 0 Å². The van der Waals surface area contributed by atoms with E-state index in [4.69, 9.17) is 52.1 Å². The van der Waals surface area contributed by atoms with Crippen LogP contribution < -0.4 is 14.4 Å². The fraction of sp³-hybridized carbons (Fsp3) is 0.714. The van der Waals surface area contributed by atoms with E-state index in [1.165, 1.54) is 0 Å². The number of fused-ring (bicyclic) bond motifs is 2. The largest absolute Gasteiger partial charge is 0.487 e. The summed E-state index contributed by atoms with van der Waals surface area (Å²) in [4.78, 5) is 28.1. The first-order chi connectivity index (χ1) is 20.8. The fourth-order valence-corrected chi connectivity index (χ4v) is 4.25. The normalized spacial score (nSPS) is 25.9. The summed E-state index contributed by atoms with van der Waals surface area (Å²) >= 11 is 0. The molecule has 1 aromatic carbocycles. The van der Waals surface area contributed by atoms with Crippen molar-refractivity contribution in [1.29, 1.82) is 0 Å². The lowest BCUT2D eigenvalue weighted by Crippen LogP contribution is -2.36. The van der Waals surface area contributed by atoms with E-state index in [9.17, 15) is 9.59 Å². The molecule has 0 unspecified atom stereocenters. The minimum absolute atomic E-state index is 0.0885. The summed E-state index contributed by atoms with van der Waals surface area (Å²) in [6.45, 7) is 6.01. The van der Waals surface area contributed by atoms with Crippen molar-refractivity contribution < 1.29 is 61.7 Å². The van der Waals surface area contributed by atoms with Crippen molar-refractivity contribution in [3.05, 3.63) is 18.2 Å². The van der Waals surface area contributed by atoms with Crippen LogP contribution in [0.4, 0.5) is 5.69 Å². The highest BCUT2D eigenvalue weighted by atomic mass is 16.6. The van der Waals surface area contributed by atoms with Gasteiger partial charge in [-0.05, 0) is 12.1 Å². The molecule has 42 heavy (non-hydrogen) atoms. The number of rotatable bonds is 1. The molecular formula is C28H41NO13. The molecule has 0 radical (unpaired) electrons. The fourth-order valence-electron chi connectivity index (χ4n) is 4.25. The van der Waals surface area contributed by atoms with E-state index in [0.717, 1.165) is 4.90 Å². The zero-order valence-electron chi connectivity index (χ0n) is 23.9. The van der Waals surface area contributed by atoms with Gasteiger partial charge in [-0.2, -0.15) is 0 Å². The van der Waals surface area contributed by atoms with Crippen molar-refractivity contribution in [2.24, 2.45) is 0 Å². The van der Waals surface area contributed by atoms with Crippen molar-refractivity contribution in [2.75, 3.05) is 124 Å². The third-order valence-electron chi connectivity index (χ3n) is 6.27. The molecule has 2 atom stereocenters. The van der Waals surface area contributed by atoms with Crippen LogP contribution in [0.5, 0.6) is 11.5 Å². The van der Waals surface area contributed by atoms with Crippen LogP contribution in [0, 0.1) is 0 Å². The summed E-state index contributed by atoms with van der Waals surface area (Å²) in [5.74, 6) is -0.300. The van der Waals surface area contributed by atoms with Gasteiger partial charge in [0, 0.05) is 6.07 Å². The number of ether oxygens (including phenoxy) is 11. The molecule has 0 saturated carbocycles. The summed E-state index contributed by atoms with van der Waals surface area (Å²) in [5.41, 5.74) is 0.302. The minimum atomic E-state index is -1.15. The molecule has 3 aliphatic rings. The van der Waals surface area contributed by atoms with Gasteiger partial charge >= 0.3 is 0 Å². The summed E-state index contributed by atoms with van der Waals surface area (Å²) in [7, 11) is 0. The number of imide groups is 1. The van der Waals surface area contributed by atoms with Crippen LogP contribution in [-0.4, -0.2) is 143 Å². The minimum Gasteiger partial charge on any atom is -0.487 e. The lowest BCUT2D eigenvalue weighted by Gasteiger charge is -2.18. The van der Waals surface area contributed by atoms with Crippen molar-refractivity contribution in [2.45, 2.75) is 12.2 Å². The Labute approximate surface area is 245 Å². The summed E-state index contributed by atoms with van der Waals surface area (Å²) in [5, 5.41) is 0. The third kappa shape index (κ3) is 10.4. The SMILES string of the molecule is O=C1[C@@H]2OCCOCCOCCOCCOCCO[C@H]2C(=O)N1c1ccc2c(c1)OCCOCCOCCOCCO2. The summed E-state index contributed by atoms with van der Waals surface area (Å²) in [6, 6.07) is 4.85. The molecule has 14 nitrogen and oxygen atoms in total. The number of benzene rings is 1. The number of hydrogen-bond acceptors (Lipinski definition) is 13. The molecular weight excluding hydrogens is 558 g/mol. The number of anilines is 1. The number of amides is 2. The predicted octanol–water partition coefficient (Wildman–Crippen LogP) is 0.231. The zero-order chi connectivity index (χ0) is 29.2. The van der Waals surface area contributed by atoms with Crippen molar-refractivity contribution >= 4 is 17.5 Å². The maximum Gasteiger partial charge on any atom is 0.266 e. The van der Waals surface area contributed by atoms with Gasteiger partial charge in [0.15, 0.2) is 23.7 Å². The van der Waals surface area contributed by atoms with Crippen molar-refractivity contribution in [3.63, 3.8) is 0 Å². The maximum absolute atomic E-state index is 13.5. The molecule has 0 aromatic heterocycles. The second kappa shape index (κ2) is 19.0. The van der Waals surface area contributed by atoms with E-state index in [2.05, 4.69) is 0 Å². The Morgan fingerprint density at radius 1 is 0.452 bits per heavy atom. The van der Waals surface area contributed by atoms with E-state index >= 15 is 0 Å². The first kappa shape index (κ1) is 32.5. The van der Waals surface area contributed by atoms with Gasteiger partial charge in [-0.3, -0.25) is 9.59 Å². The molecule has 0 aliphatic carbocycles. The van der Waals surface area contributed by atoms with E-state index < -0.39 is 24.0 Å². The van der Waals surface area contributed by atoms with Gasteiger partial charge in [-0.25, -0.2) is 4.90 Å². The standard InChI is InChI=1S/C28H41NO13/c30-27-25-26(42-20-16-38-12-8-33-4-3-32-7-11-37-15-19-41-25)28(31)29(27)22-1-2-23-24(21-22)40-18-14-36-10-6-34-5-9-35-13-17-39-23/h1-2,21,25-26H,3-20H2/t25-,26-/m1/s1. The number of carbonyl (C=O) groups excluding carboxylic acids is 2. The average molecular weight is 600 g/mol. The molecule has 0 N–H and O–H groups in total. The van der Waals surface area contributed by atoms with Gasteiger partial charge in [-0.1, -0.05) is 0 Å². The van der Waals surface area contributed by atoms with Crippen LogP contribution in [0.25, 0.3) is 0 Å². The molecule has 3 heterocycles. The Bertz CT molecular complexity index is 912. The molecule has 0 bridgehead atoms. The Morgan fingerprint density at radius 3 is 1.24 bits per heavy atom. The molecule has 4 rings (SSSR count). The molecule has 2 saturated heterocycles. The Kier molecular flexibility index (Phi) is 14.7. The summed E-state index contributed by atoms with van der Waals surface area (Å²) in [6.07, 6.45) is -2.30. The van der Waals surface area contributed by atoms with E-state index in [1.807, 2.05) is 0 Å². The highest BCUT2D eigenvalue weighted by molar-refractivity contribution is 6.24. The van der Waals surface area contributed by atoms with Gasteiger partial charge in [0.2, 0.25) is 0 Å². The smallest absolute Gasteiger partial charge is 0.266 e. The molecule has 236 valence electrons. The number of hydrogen-bond donors (Lipinski definition) is 0. The topological polar surface area (TPSA) is 139 Å². The highest BCUT2D eigenvalue weighted by Gasteiger charge is 2.50. The highest BCUT2D eigenvalue weighted by Crippen LogP contribution is 2.35. The van der Waals surface area contributed by atoms with Crippen LogP contribution in [0.2, 0.25) is 0 Å². The Balaban J connectivity index is 1.45. The van der Waals surface area contributed by atoms with Crippen LogP contribution in [-0.2, 0) is 52.2 Å². The van der Waals surface area contributed by atoms with Crippen molar-refractivity contribution in [3.8, 4) is 11.5 Å². The van der Waals surface area contributed by atoms with Crippen LogP contribution in [0.3, 0.4) is 0 Å². The predicted molar refractivity (Wildman–Crippen MR) is 145 cm³/mol. The lowest BCUT2D eigenvalue weighted by molar-refractivity contribution is -0.143. The van der Waals surface area contributed by atoms with E-state index in [1.54, 1.807) is 18.2 Å². The monoisotopic (exact) mass is 599 g/mol. The lowest BCUT2D eigenvalue weighted by atomic mass is 10.2. The maximum atomic E-state index is 13.5. The van der Waals surface area contributed by atoms with Crippen molar-refractivity contribution in [1.82, 2.24) is 0 Å². The second-order valence-corrected chi connectivity index (χ2v) is 9.21. The van der Waals surface area contributed by atoms with Gasteiger partial charge in [-0.15, -0.1) is 0 Å². The average Bonchev–Trinajstić information content (AvgIpc) is 3.22. The number of carbonyl (C=O) groups is 2. The van der Waals surface area contributed by atoms with Gasteiger partial charge < -0.3 is 52.1 Å². The Morgan fingerprint density at radius 2 is 0.810 bits per heavy atom. The zero-order valence-corrected chi connectivity index (χ0v) is 23.9. The molecule has 3 aliphatic heterocycles. The Hall–Kier alpha value is -2.40. The molecule has 2 amide bonds. The first-order valence-corrected chi connectivity index (χ1v) is 14.3. The third-order valence-corrected chi connectivity index (χ3v) is 6.27. The second-order valence-electron chi connectivity index (χ2n) is 9.21. The molecule has 0 spiro atoms. The van der Waals surface area contributed by atoms with Gasteiger partial charge in [0.1, 0.15) is 13.2 Å². The quantitative estimate of drug-likeness (QED) is 0.408. The molecule has 14 heteroatoms. The molecule has 1 aromatic rings. The van der Waals surface area contributed by atoms with Gasteiger partial charge in [0.05, 0.1) is 111 Å². The van der Waals surface area contributed by atoms with Crippen LogP contribution >= 0.6 is 0 Å². The first-order valence-electron chi connectivity index (χ1n) is 14.3. The number of nitrogens with zero attached hydrogens (tertiary/aromatic N) is 1.